The molecule has 0 radical (unpaired) electrons. The fraction of sp³-hybridized carbons (Fsp3) is 0.440. The third kappa shape index (κ3) is 6.23. The molecule has 6 heteroatoms. The lowest BCUT2D eigenvalue weighted by molar-refractivity contribution is 0.135. The van der Waals surface area contributed by atoms with Crippen LogP contribution in [-0.4, -0.2) is 23.9 Å². The first-order valence-electron chi connectivity index (χ1n) is 10.6. The quantitative estimate of drug-likeness (QED) is 0.223. The van der Waals surface area contributed by atoms with E-state index in [-0.39, 0.29) is 16.9 Å². The Morgan fingerprint density at radius 2 is 1.71 bits per heavy atom. The second kappa shape index (κ2) is 10.8. The Morgan fingerprint density at radius 3 is 2.29 bits per heavy atom. The van der Waals surface area contributed by atoms with E-state index in [1.54, 1.807) is 25.3 Å². The van der Waals surface area contributed by atoms with Gasteiger partial charge in [-0.25, -0.2) is 0 Å². The van der Waals surface area contributed by atoms with Gasteiger partial charge in [0.05, 0.1) is 12.7 Å². The predicted molar refractivity (Wildman–Crippen MR) is 124 cm³/mol. The molecule has 0 fully saturated rings. The van der Waals surface area contributed by atoms with Gasteiger partial charge in [-0.15, -0.1) is 4.91 Å². The summed E-state index contributed by atoms with van der Waals surface area (Å²) >= 11 is 0. The highest BCUT2D eigenvalue weighted by Gasteiger charge is 2.24. The summed E-state index contributed by atoms with van der Waals surface area (Å²) in [6, 6.07) is 8.98. The first-order valence-corrected chi connectivity index (χ1v) is 10.6. The van der Waals surface area contributed by atoms with Crippen molar-refractivity contribution >= 4 is 5.57 Å². The minimum absolute atomic E-state index is 0.0253. The lowest BCUT2D eigenvalue weighted by atomic mass is 9.79. The van der Waals surface area contributed by atoms with Gasteiger partial charge >= 0.3 is 0 Å². The summed E-state index contributed by atoms with van der Waals surface area (Å²) < 4.78 is 5.33. The number of hydrogen-bond donors (Lipinski definition) is 2. The van der Waals surface area contributed by atoms with Gasteiger partial charge in [0.1, 0.15) is 23.9 Å². The molecule has 0 saturated carbocycles. The molecule has 0 aliphatic heterocycles. The number of rotatable bonds is 12. The molecule has 0 aromatic heterocycles. The first kappa shape index (κ1) is 24.3. The average Bonchev–Trinajstić information content (AvgIpc) is 2.72. The molecule has 0 spiro atoms. The van der Waals surface area contributed by atoms with E-state index >= 15 is 0 Å². The molecule has 2 rings (SSSR count). The molecule has 0 amide bonds. The second-order valence-electron chi connectivity index (χ2n) is 8.54. The fourth-order valence-corrected chi connectivity index (χ4v) is 3.78. The Kier molecular flexibility index (Phi) is 8.48. The Balaban J connectivity index is 2.24. The molecule has 0 aliphatic carbocycles. The Hall–Kier alpha value is -3.02. The minimum Gasteiger partial charge on any atom is -0.507 e. The number of benzene rings is 2. The summed E-state index contributed by atoms with van der Waals surface area (Å²) in [5.74, 6) is 0.687. The number of unbranched alkanes of at least 4 members (excludes halogenated alkanes) is 3. The van der Waals surface area contributed by atoms with Gasteiger partial charge in [0.25, 0.3) is 0 Å². The van der Waals surface area contributed by atoms with Gasteiger partial charge in [-0.1, -0.05) is 44.9 Å². The Morgan fingerprint density at radius 1 is 1.06 bits per heavy atom. The van der Waals surface area contributed by atoms with E-state index in [1.807, 2.05) is 19.1 Å². The van der Waals surface area contributed by atoms with Crippen LogP contribution in [0.4, 0.5) is 0 Å². The first-order chi connectivity index (χ1) is 14.7. The second-order valence-corrected chi connectivity index (χ2v) is 8.54. The number of aromatic hydroxyl groups is 2. The highest BCUT2D eigenvalue weighted by Crippen LogP contribution is 2.45. The van der Waals surface area contributed by atoms with E-state index in [9.17, 15) is 15.1 Å². The van der Waals surface area contributed by atoms with E-state index in [1.165, 1.54) is 0 Å². The van der Waals surface area contributed by atoms with E-state index in [0.717, 1.165) is 48.8 Å². The molecule has 0 unspecified atom stereocenters. The van der Waals surface area contributed by atoms with Crippen LogP contribution in [-0.2, 0) is 10.3 Å². The third-order valence-electron chi connectivity index (χ3n) is 5.67. The normalized spacial score (nSPS) is 11.2. The molecule has 2 N–H and O–H groups in total. The number of ether oxygens (including phenoxy) is 1. The lowest BCUT2D eigenvalue weighted by Crippen LogP contribution is -2.17. The molecule has 0 saturated heterocycles. The van der Waals surface area contributed by atoms with Crippen LogP contribution in [0.5, 0.6) is 17.2 Å². The van der Waals surface area contributed by atoms with Crippen LogP contribution < -0.4 is 4.74 Å². The van der Waals surface area contributed by atoms with Crippen molar-refractivity contribution in [1.29, 1.82) is 0 Å². The van der Waals surface area contributed by atoms with Crippen molar-refractivity contribution in [2.24, 2.45) is 5.34 Å². The number of hydrogen-bond acceptors (Lipinski definition) is 6. The van der Waals surface area contributed by atoms with Crippen LogP contribution in [0.25, 0.3) is 16.7 Å². The topological polar surface area (TPSA) is 88.4 Å². The summed E-state index contributed by atoms with van der Waals surface area (Å²) in [7, 11) is 1.58. The monoisotopic (exact) mass is 427 g/mol. The van der Waals surface area contributed by atoms with Gasteiger partial charge in [0.2, 0.25) is 0 Å². The van der Waals surface area contributed by atoms with E-state index in [2.05, 4.69) is 30.6 Å². The van der Waals surface area contributed by atoms with Crippen molar-refractivity contribution in [3.8, 4) is 28.4 Å². The van der Waals surface area contributed by atoms with E-state index < -0.39 is 0 Å². The van der Waals surface area contributed by atoms with Crippen molar-refractivity contribution in [3.63, 3.8) is 0 Å². The molecule has 0 heterocycles. The van der Waals surface area contributed by atoms with Gasteiger partial charge < -0.3 is 19.8 Å². The highest BCUT2D eigenvalue weighted by molar-refractivity contribution is 5.87. The van der Waals surface area contributed by atoms with Gasteiger partial charge in [-0.2, -0.15) is 0 Å². The molecule has 168 valence electrons. The molecule has 0 atom stereocenters. The summed E-state index contributed by atoms with van der Waals surface area (Å²) in [6.07, 6.45) is 4.65. The van der Waals surface area contributed by atoms with Crippen LogP contribution in [0.15, 0.2) is 42.3 Å². The van der Waals surface area contributed by atoms with Crippen molar-refractivity contribution in [1.82, 2.24) is 0 Å². The standard InChI is InChI=1S/C25H33NO5/c1-17(2)20-11-10-19(30-5)16-21(20)24-22(27)14-18(15-23(24)28)25(3,4)12-8-6-7-9-13-31-26-29/h10-11,14-16,27-28H,1,6-9,12-13H2,2-5H3. The fourth-order valence-electron chi connectivity index (χ4n) is 3.78. The SMILES string of the molecule is C=C(C)c1ccc(OC)cc1-c1c(O)cc(C(C)(C)CCCCCCON=O)cc1O. The maximum Gasteiger partial charge on any atom is 0.155 e. The summed E-state index contributed by atoms with van der Waals surface area (Å²) in [6.45, 7) is 10.5. The highest BCUT2D eigenvalue weighted by atomic mass is 16.7. The van der Waals surface area contributed by atoms with Crippen LogP contribution in [0.1, 0.15) is 64.0 Å². The number of nitrogens with zero attached hydrogens (tertiary/aromatic N) is 1. The molecule has 6 nitrogen and oxygen atoms in total. The van der Waals surface area contributed by atoms with Gasteiger partial charge in [-0.05, 0) is 67.0 Å². The number of phenols is 2. The Bertz CT molecular complexity index is 897. The van der Waals surface area contributed by atoms with Crippen LogP contribution in [0, 0.1) is 4.91 Å². The molecule has 2 aromatic carbocycles. The molecule has 2 aromatic rings. The summed E-state index contributed by atoms with van der Waals surface area (Å²) in [5, 5.41) is 24.1. The van der Waals surface area contributed by atoms with Gasteiger partial charge in [0, 0.05) is 5.56 Å². The van der Waals surface area contributed by atoms with Crippen LogP contribution >= 0.6 is 0 Å². The van der Waals surface area contributed by atoms with Crippen LogP contribution in [0.3, 0.4) is 0 Å². The lowest BCUT2D eigenvalue weighted by Gasteiger charge is -2.27. The maximum absolute atomic E-state index is 10.9. The van der Waals surface area contributed by atoms with Crippen LogP contribution in [0.2, 0.25) is 0 Å². The maximum atomic E-state index is 10.9. The zero-order valence-electron chi connectivity index (χ0n) is 18.9. The molecule has 0 aliphatic rings. The Labute approximate surface area is 184 Å². The van der Waals surface area contributed by atoms with E-state index in [0.29, 0.717) is 23.5 Å². The summed E-state index contributed by atoms with van der Waals surface area (Å²) in [4.78, 5) is 14.4. The number of phenolic OH excluding ortho intramolecular Hbond substituents is 2. The molecular weight excluding hydrogens is 394 g/mol. The van der Waals surface area contributed by atoms with Crippen molar-refractivity contribution in [2.45, 2.75) is 58.3 Å². The number of allylic oxidation sites excluding steroid dienone is 1. The van der Waals surface area contributed by atoms with Gasteiger partial charge in [-0.3, -0.25) is 0 Å². The third-order valence-corrected chi connectivity index (χ3v) is 5.67. The largest absolute Gasteiger partial charge is 0.507 e. The number of methoxy groups -OCH3 is 1. The van der Waals surface area contributed by atoms with Gasteiger partial charge in [0.15, 0.2) is 5.34 Å². The van der Waals surface area contributed by atoms with Crippen molar-refractivity contribution in [3.05, 3.63) is 52.9 Å². The van der Waals surface area contributed by atoms with Crippen molar-refractivity contribution in [2.75, 3.05) is 13.7 Å². The molecule has 31 heavy (non-hydrogen) atoms. The average molecular weight is 428 g/mol. The summed E-state index contributed by atoms with van der Waals surface area (Å²) in [5.41, 5.74) is 3.38. The van der Waals surface area contributed by atoms with E-state index in [4.69, 9.17) is 4.74 Å². The van der Waals surface area contributed by atoms with Crippen molar-refractivity contribution < 1.29 is 19.8 Å². The predicted octanol–water partition coefficient (Wildman–Crippen LogP) is 6.73. The zero-order valence-corrected chi connectivity index (χ0v) is 18.9. The smallest absolute Gasteiger partial charge is 0.155 e. The molecule has 0 bridgehead atoms. The minimum atomic E-state index is -0.222. The zero-order chi connectivity index (χ0) is 23.0. The molecular formula is C25H33NO5.